The first-order chi connectivity index (χ1) is 3.72. The van der Waals surface area contributed by atoms with E-state index in [4.69, 9.17) is 5.11 Å². The van der Waals surface area contributed by atoms with Crippen molar-refractivity contribution in [1.82, 2.24) is 3.53 Å². The molecule has 0 spiro atoms. The fourth-order valence-corrected chi connectivity index (χ4v) is 1.47. The highest BCUT2D eigenvalue weighted by Gasteiger charge is 2.08. The smallest absolute Gasteiger partial charge is 0.0672 e. The average Bonchev–Trinajstić information content (AvgIpc) is 1.69. The van der Waals surface area contributed by atoms with Crippen LogP contribution in [0.1, 0.15) is 20.3 Å². The molecule has 0 saturated carbocycles. The zero-order valence-corrected chi connectivity index (χ0v) is 7.34. The Hall–Kier alpha value is 0.650. The molecule has 8 heavy (non-hydrogen) atoms. The highest BCUT2D eigenvalue weighted by atomic mass is 127. The molecule has 0 rings (SSSR count). The summed E-state index contributed by atoms with van der Waals surface area (Å²) in [5, 5.41) is 8.94. The standard InChI is InChI=1S/C5H12INO/c1-3-5(7-6)4(2)8/h4-5,7-8H,3H2,1-2H3/t4-,5+/m1/s1. The van der Waals surface area contributed by atoms with Gasteiger partial charge in [-0.25, -0.2) is 0 Å². The second-order valence-corrected chi connectivity index (χ2v) is 2.49. The number of halogens is 1. The fraction of sp³-hybridized carbons (Fsp3) is 1.00. The van der Waals surface area contributed by atoms with Crippen molar-refractivity contribution in [2.75, 3.05) is 0 Å². The predicted molar refractivity (Wildman–Crippen MR) is 42.9 cm³/mol. The molecule has 2 atom stereocenters. The van der Waals surface area contributed by atoms with E-state index < -0.39 is 0 Å². The van der Waals surface area contributed by atoms with Crippen LogP contribution in [0.3, 0.4) is 0 Å². The van der Waals surface area contributed by atoms with Crippen molar-refractivity contribution < 1.29 is 5.11 Å². The summed E-state index contributed by atoms with van der Waals surface area (Å²) in [6.07, 6.45) is 0.734. The van der Waals surface area contributed by atoms with Crippen LogP contribution in [0.4, 0.5) is 0 Å². The van der Waals surface area contributed by atoms with Gasteiger partial charge in [0.1, 0.15) is 0 Å². The minimum atomic E-state index is -0.239. The van der Waals surface area contributed by atoms with Crippen molar-refractivity contribution >= 4 is 22.9 Å². The van der Waals surface area contributed by atoms with E-state index in [2.05, 4.69) is 26.4 Å². The molecule has 0 aromatic heterocycles. The molecule has 0 radical (unpaired) electrons. The van der Waals surface area contributed by atoms with Gasteiger partial charge in [0, 0.05) is 28.9 Å². The molecule has 0 heterocycles. The lowest BCUT2D eigenvalue weighted by Crippen LogP contribution is -2.31. The Bertz CT molecular complexity index is 54.4. The van der Waals surface area contributed by atoms with Crippen LogP contribution in [0.2, 0.25) is 0 Å². The van der Waals surface area contributed by atoms with Gasteiger partial charge in [-0.15, -0.1) is 0 Å². The first kappa shape index (κ1) is 8.65. The summed E-state index contributed by atoms with van der Waals surface area (Å²) < 4.78 is 2.97. The van der Waals surface area contributed by atoms with Gasteiger partial charge in [-0.05, 0) is 13.3 Å². The van der Waals surface area contributed by atoms with Crippen LogP contribution < -0.4 is 3.53 Å². The molecule has 50 valence electrons. The summed E-state index contributed by atoms with van der Waals surface area (Å²) >= 11 is 2.05. The average molecular weight is 229 g/mol. The van der Waals surface area contributed by atoms with Gasteiger partial charge in [0.2, 0.25) is 0 Å². The van der Waals surface area contributed by atoms with Gasteiger partial charge in [0.25, 0.3) is 0 Å². The van der Waals surface area contributed by atoms with Crippen LogP contribution in [0.25, 0.3) is 0 Å². The summed E-state index contributed by atoms with van der Waals surface area (Å²) in [4.78, 5) is 0. The number of aliphatic hydroxyl groups excluding tert-OH is 1. The van der Waals surface area contributed by atoms with Crippen molar-refractivity contribution in [3.63, 3.8) is 0 Å². The summed E-state index contributed by atoms with van der Waals surface area (Å²) in [5.41, 5.74) is 0. The van der Waals surface area contributed by atoms with Crippen LogP contribution in [0.15, 0.2) is 0 Å². The Balaban J connectivity index is 3.35. The van der Waals surface area contributed by atoms with Gasteiger partial charge < -0.3 is 5.11 Å². The largest absolute Gasteiger partial charge is 0.392 e. The lowest BCUT2D eigenvalue weighted by Gasteiger charge is -2.14. The zero-order chi connectivity index (χ0) is 6.57. The molecular weight excluding hydrogens is 217 g/mol. The van der Waals surface area contributed by atoms with Gasteiger partial charge in [0.15, 0.2) is 0 Å². The second-order valence-electron chi connectivity index (χ2n) is 1.86. The van der Waals surface area contributed by atoms with E-state index in [1.165, 1.54) is 0 Å². The molecule has 0 aliphatic heterocycles. The first-order valence-corrected chi connectivity index (χ1v) is 3.84. The van der Waals surface area contributed by atoms with E-state index in [0.29, 0.717) is 0 Å². The maximum Gasteiger partial charge on any atom is 0.0672 e. The zero-order valence-electron chi connectivity index (χ0n) is 5.19. The number of hydrogen-bond acceptors (Lipinski definition) is 2. The summed E-state index contributed by atoms with van der Waals surface area (Å²) in [5.74, 6) is 0. The molecular formula is C5H12INO. The molecule has 3 heteroatoms. The van der Waals surface area contributed by atoms with Crippen molar-refractivity contribution in [2.45, 2.75) is 32.4 Å². The minimum Gasteiger partial charge on any atom is -0.392 e. The van der Waals surface area contributed by atoms with Gasteiger partial charge in [-0.1, -0.05) is 6.92 Å². The van der Waals surface area contributed by atoms with Crippen molar-refractivity contribution in [3.8, 4) is 0 Å². The number of rotatable bonds is 3. The predicted octanol–water partition coefficient (Wildman–Crippen LogP) is 1.09. The molecule has 0 unspecified atom stereocenters. The van der Waals surface area contributed by atoms with E-state index in [0.717, 1.165) is 6.42 Å². The fourth-order valence-electron chi connectivity index (χ4n) is 0.509. The molecule has 2 N–H and O–H groups in total. The Morgan fingerprint density at radius 1 is 1.75 bits per heavy atom. The van der Waals surface area contributed by atoms with Gasteiger partial charge in [-0.3, -0.25) is 3.53 Å². The number of nitrogens with one attached hydrogen (secondary N) is 1. The summed E-state index contributed by atoms with van der Waals surface area (Å²) in [6, 6.07) is 0.246. The minimum absolute atomic E-state index is 0.239. The van der Waals surface area contributed by atoms with E-state index >= 15 is 0 Å². The van der Waals surface area contributed by atoms with Crippen molar-refractivity contribution in [1.29, 1.82) is 0 Å². The maximum absolute atomic E-state index is 8.94. The quantitative estimate of drug-likeness (QED) is 0.560. The molecule has 0 aromatic rings. The topological polar surface area (TPSA) is 32.3 Å². The van der Waals surface area contributed by atoms with E-state index in [-0.39, 0.29) is 12.1 Å². The maximum atomic E-state index is 8.94. The van der Waals surface area contributed by atoms with Crippen LogP contribution in [-0.4, -0.2) is 17.3 Å². The highest BCUT2D eigenvalue weighted by molar-refractivity contribution is 14.1. The Kier molecular flexibility index (Phi) is 4.89. The molecule has 0 aromatic carbocycles. The van der Waals surface area contributed by atoms with Gasteiger partial charge >= 0.3 is 0 Å². The third-order valence-corrected chi connectivity index (χ3v) is 1.96. The van der Waals surface area contributed by atoms with Crippen LogP contribution in [0, 0.1) is 0 Å². The molecule has 0 aliphatic rings. The third kappa shape index (κ3) is 2.84. The molecule has 0 bridgehead atoms. The SMILES string of the molecule is CC[C@H](NI)[C@@H](C)O. The normalized spacial score (nSPS) is 18.0. The highest BCUT2D eigenvalue weighted by Crippen LogP contribution is 1.98. The van der Waals surface area contributed by atoms with Crippen molar-refractivity contribution in [3.05, 3.63) is 0 Å². The molecule has 0 fully saturated rings. The van der Waals surface area contributed by atoms with Crippen LogP contribution in [0.5, 0.6) is 0 Å². The molecule has 0 amide bonds. The molecule has 2 nitrogen and oxygen atoms in total. The number of hydrogen-bond donors (Lipinski definition) is 2. The number of aliphatic hydroxyl groups is 1. The summed E-state index contributed by atoms with van der Waals surface area (Å²) in [7, 11) is 0. The van der Waals surface area contributed by atoms with Gasteiger partial charge in [-0.2, -0.15) is 0 Å². The molecule has 0 aliphatic carbocycles. The molecule has 0 saturated heterocycles. The Labute approximate surface area is 64.2 Å². The van der Waals surface area contributed by atoms with E-state index in [1.807, 2.05) is 6.92 Å². The summed E-state index contributed by atoms with van der Waals surface area (Å²) in [6.45, 7) is 3.84. The van der Waals surface area contributed by atoms with E-state index in [1.54, 1.807) is 6.92 Å². The van der Waals surface area contributed by atoms with E-state index in [9.17, 15) is 0 Å². The third-order valence-electron chi connectivity index (χ3n) is 1.16. The second kappa shape index (κ2) is 4.52. The monoisotopic (exact) mass is 229 g/mol. The van der Waals surface area contributed by atoms with Crippen LogP contribution >= 0.6 is 22.9 Å². The van der Waals surface area contributed by atoms with Crippen LogP contribution in [-0.2, 0) is 0 Å². The first-order valence-electron chi connectivity index (χ1n) is 2.76. The Morgan fingerprint density at radius 2 is 2.25 bits per heavy atom. The lowest BCUT2D eigenvalue weighted by atomic mass is 10.1. The van der Waals surface area contributed by atoms with Gasteiger partial charge in [0.05, 0.1) is 6.10 Å². The van der Waals surface area contributed by atoms with Crippen molar-refractivity contribution in [2.24, 2.45) is 0 Å². The Morgan fingerprint density at radius 3 is 2.25 bits per heavy atom. The lowest BCUT2D eigenvalue weighted by molar-refractivity contribution is 0.157.